The summed E-state index contributed by atoms with van der Waals surface area (Å²) in [6.45, 7) is 0.463. The molecule has 2 aromatic rings. The molecule has 1 aliphatic heterocycles. The summed E-state index contributed by atoms with van der Waals surface area (Å²) >= 11 is 0. The van der Waals surface area contributed by atoms with E-state index in [4.69, 9.17) is 4.84 Å². The van der Waals surface area contributed by atoms with E-state index < -0.39 is 25.5 Å². The zero-order valence-corrected chi connectivity index (χ0v) is 21.4. The highest BCUT2D eigenvalue weighted by Gasteiger charge is 2.35. The summed E-state index contributed by atoms with van der Waals surface area (Å²) in [5.74, 6) is -0.403. The fourth-order valence-electron chi connectivity index (χ4n) is 4.86. The van der Waals surface area contributed by atoms with Gasteiger partial charge in [0, 0.05) is 19.2 Å². The molecule has 0 atom stereocenters. The van der Waals surface area contributed by atoms with Crippen molar-refractivity contribution in [1.82, 2.24) is 9.37 Å². The molecule has 1 saturated carbocycles. The van der Waals surface area contributed by atoms with Gasteiger partial charge in [0.1, 0.15) is 0 Å². The summed E-state index contributed by atoms with van der Waals surface area (Å²) in [6.07, 6.45) is 6.64. The van der Waals surface area contributed by atoms with Gasteiger partial charge >= 0.3 is 0 Å². The fraction of sp³-hybridized carbons (Fsp3) is 0.462. The molecule has 0 saturated heterocycles. The number of nitrogens with zero attached hydrogens (tertiary/aromatic N) is 3. The van der Waals surface area contributed by atoms with Crippen molar-refractivity contribution in [2.75, 3.05) is 19.7 Å². The van der Waals surface area contributed by atoms with E-state index in [0.29, 0.717) is 30.4 Å². The fourth-order valence-corrected chi connectivity index (χ4v) is 6.31. The van der Waals surface area contributed by atoms with E-state index in [1.54, 1.807) is 24.3 Å². The van der Waals surface area contributed by atoms with Crippen LogP contribution in [0.25, 0.3) is 0 Å². The molecule has 0 bridgehead atoms. The Balaban J connectivity index is 1.39. The quantitative estimate of drug-likeness (QED) is 0.171. The topological polar surface area (TPSA) is 127 Å². The Labute approximate surface area is 216 Å². The molecule has 37 heavy (non-hydrogen) atoms. The number of carbonyl (C=O) groups is 2. The van der Waals surface area contributed by atoms with Crippen LogP contribution < -0.4 is 0 Å². The number of imide groups is 1. The zero-order chi connectivity index (χ0) is 26.4. The smallest absolute Gasteiger partial charge is 0.284 e. The van der Waals surface area contributed by atoms with Gasteiger partial charge in [0.2, 0.25) is 0 Å². The molecule has 0 spiro atoms. The monoisotopic (exact) mass is 529 g/mol. The molecule has 0 N–H and O–H groups in total. The van der Waals surface area contributed by atoms with Crippen LogP contribution in [0.4, 0.5) is 5.69 Å². The lowest BCUT2D eigenvalue weighted by molar-refractivity contribution is -0.387. The zero-order valence-electron chi connectivity index (χ0n) is 20.6. The second-order valence-electron chi connectivity index (χ2n) is 9.42. The van der Waals surface area contributed by atoms with Gasteiger partial charge in [0.25, 0.3) is 27.5 Å². The van der Waals surface area contributed by atoms with E-state index in [0.717, 1.165) is 42.6 Å². The minimum Gasteiger partial charge on any atom is -0.284 e. The van der Waals surface area contributed by atoms with Gasteiger partial charge < -0.3 is 0 Å². The summed E-state index contributed by atoms with van der Waals surface area (Å²) in [5.41, 5.74) is 0.287. The summed E-state index contributed by atoms with van der Waals surface area (Å²) in [4.78, 5) is 42.4. The Morgan fingerprint density at radius 2 is 1.54 bits per heavy atom. The minimum absolute atomic E-state index is 0.00319. The molecule has 1 heterocycles. The van der Waals surface area contributed by atoms with Crippen LogP contribution in [0.15, 0.2) is 53.4 Å². The van der Waals surface area contributed by atoms with Crippen LogP contribution in [-0.2, 0) is 14.9 Å². The SMILES string of the molecule is O=C1c2ccccc2C(=O)N1CCCCCN(OCC1CCCCC1)S(=O)(=O)c1ccccc1[N+](=O)[O-]. The van der Waals surface area contributed by atoms with Crippen molar-refractivity contribution in [3.05, 3.63) is 69.8 Å². The van der Waals surface area contributed by atoms with Crippen molar-refractivity contribution >= 4 is 27.5 Å². The lowest BCUT2D eigenvalue weighted by Gasteiger charge is -2.26. The highest BCUT2D eigenvalue weighted by molar-refractivity contribution is 7.89. The first-order valence-corrected chi connectivity index (χ1v) is 14.1. The van der Waals surface area contributed by atoms with Gasteiger partial charge in [-0.15, -0.1) is 0 Å². The Morgan fingerprint density at radius 3 is 2.19 bits per heavy atom. The van der Waals surface area contributed by atoms with Crippen LogP contribution in [0.2, 0.25) is 0 Å². The first kappa shape index (κ1) is 26.9. The molecule has 2 aromatic carbocycles. The van der Waals surface area contributed by atoms with Crippen LogP contribution in [0.1, 0.15) is 72.1 Å². The molecule has 4 rings (SSSR count). The normalized spacial score (nSPS) is 16.4. The summed E-state index contributed by atoms with van der Waals surface area (Å²) in [7, 11) is -4.28. The number of para-hydroxylation sites is 1. The molecular weight excluding hydrogens is 498 g/mol. The van der Waals surface area contributed by atoms with Crippen LogP contribution in [0, 0.1) is 16.0 Å². The molecule has 198 valence electrons. The minimum atomic E-state index is -4.28. The number of hydrogen-bond acceptors (Lipinski definition) is 7. The number of amides is 2. The van der Waals surface area contributed by atoms with Gasteiger partial charge in [0.15, 0.2) is 4.90 Å². The van der Waals surface area contributed by atoms with Gasteiger partial charge in [-0.2, -0.15) is 0 Å². The summed E-state index contributed by atoms with van der Waals surface area (Å²) in [6, 6.07) is 11.9. The van der Waals surface area contributed by atoms with E-state index in [9.17, 15) is 28.1 Å². The molecule has 2 aliphatic rings. The van der Waals surface area contributed by atoms with E-state index >= 15 is 0 Å². The lowest BCUT2D eigenvalue weighted by atomic mass is 9.90. The number of benzene rings is 2. The first-order valence-electron chi connectivity index (χ1n) is 12.6. The van der Waals surface area contributed by atoms with Gasteiger partial charge in [0.05, 0.1) is 22.7 Å². The second-order valence-corrected chi connectivity index (χ2v) is 11.2. The van der Waals surface area contributed by atoms with Crippen molar-refractivity contribution in [3.8, 4) is 0 Å². The number of rotatable bonds is 12. The third-order valence-corrected chi connectivity index (χ3v) is 8.61. The van der Waals surface area contributed by atoms with Crippen molar-refractivity contribution < 1.29 is 27.8 Å². The molecule has 10 nitrogen and oxygen atoms in total. The predicted molar refractivity (Wildman–Crippen MR) is 135 cm³/mol. The van der Waals surface area contributed by atoms with Crippen LogP contribution >= 0.6 is 0 Å². The van der Waals surface area contributed by atoms with E-state index in [1.807, 2.05) is 0 Å². The average Bonchev–Trinajstić information content (AvgIpc) is 3.15. The van der Waals surface area contributed by atoms with E-state index in [2.05, 4.69) is 0 Å². The number of sulfonamides is 1. The van der Waals surface area contributed by atoms with Crippen molar-refractivity contribution in [3.63, 3.8) is 0 Å². The highest BCUT2D eigenvalue weighted by atomic mass is 32.2. The third kappa shape index (κ3) is 6.06. The van der Waals surface area contributed by atoms with Crippen molar-refractivity contribution in [2.45, 2.75) is 56.3 Å². The second kappa shape index (κ2) is 11.9. The van der Waals surface area contributed by atoms with E-state index in [1.165, 1.54) is 23.1 Å². The summed E-state index contributed by atoms with van der Waals surface area (Å²) in [5, 5.41) is 11.5. The maximum absolute atomic E-state index is 13.4. The third-order valence-electron chi connectivity index (χ3n) is 6.89. The largest absolute Gasteiger partial charge is 0.289 e. The maximum atomic E-state index is 13.4. The van der Waals surface area contributed by atoms with Crippen molar-refractivity contribution in [1.29, 1.82) is 0 Å². The highest BCUT2D eigenvalue weighted by Crippen LogP contribution is 2.29. The molecule has 1 fully saturated rings. The molecular formula is C26H31N3O7S. The van der Waals surface area contributed by atoms with Gasteiger partial charge in [-0.05, 0) is 49.8 Å². The molecule has 0 unspecified atom stereocenters. The van der Waals surface area contributed by atoms with Gasteiger partial charge in [-0.1, -0.05) is 54.4 Å². The van der Waals surface area contributed by atoms with Crippen molar-refractivity contribution in [2.24, 2.45) is 5.92 Å². The standard InChI is InChI=1S/C26H31N3O7S/c30-25-21-13-5-6-14-22(21)26(31)27(25)17-9-2-10-18-28(36-19-20-11-3-1-4-12-20)37(34,35)24-16-8-7-15-23(24)29(32)33/h5-8,13-16,20H,1-4,9-12,17-19H2. The molecule has 0 radical (unpaired) electrons. The number of hydroxylamine groups is 1. The number of nitro benzene ring substituents is 1. The number of nitro groups is 1. The summed E-state index contributed by atoms with van der Waals surface area (Å²) < 4.78 is 27.7. The van der Waals surface area contributed by atoms with Crippen LogP contribution in [0.3, 0.4) is 0 Å². The van der Waals surface area contributed by atoms with Gasteiger partial charge in [-0.25, -0.2) is 8.42 Å². The maximum Gasteiger partial charge on any atom is 0.289 e. The Hall–Kier alpha value is -3.15. The van der Waals surface area contributed by atoms with Crippen LogP contribution in [0.5, 0.6) is 0 Å². The average molecular weight is 530 g/mol. The Morgan fingerprint density at radius 1 is 0.919 bits per heavy atom. The number of hydrogen-bond donors (Lipinski definition) is 0. The van der Waals surface area contributed by atoms with Gasteiger partial charge in [-0.3, -0.25) is 29.4 Å². The lowest BCUT2D eigenvalue weighted by Crippen LogP contribution is -2.35. The molecule has 2 amide bonds. The molecule has 11 heteroatoms. The molecule has 1 aliphatic carbocycles. The number of carbonyl (C=O) groups excluding carboxylic acids is 2. The number of fused-ring (bicyclic) bond motifs is 1. The first-order chi connectivity index (χ1) is 17.8. The Kier molecular flexibility index (Phi) is 8.67. The van der Waals surface area contributed by atoms with E-state index in [-0.39, 0.29) is 37.4 Å². The Bertz CT molecular complexity index is 1220. The van der Waals surface area contributed by atoms with Crippen LogP contribution in [-0.4, -0.2) is 54.2 Å². The number of unbranched alkanes of at least 4 members (excludes halogenated alkanes) is 2. The predicted octanol–water partition coefficient (Wildman–Crippen LogP) is 4.56. The molecule has 0 aromatic heterocycles.